The zero-order valence-corrected chi connectivity index (χ0v) is 18.1. The summed E-state index contributed by atoms with van der Waals surface area (Å²) in [6.07, 6.45) is 2.93. The Hall–Kier alpha value is -2.73. The third kappa shape index (κ3) is 5.66. The molecule has 0 bridgehead atoms. The lowest BCUT2D eigenvalue weighted by Gasteiger charge is -2.24. The van der Waals surface area contributed by atoms with Crippen LogP contribution in [0.25, 0.3) is 0 Å². The fourth-order valence-electron chi connectivity index (χ4n) is 3.97. The maximum absolute atomic E-state index is 12.5. The Labute approximate surface area is 179 Å². The standard InChI is InChI=1S/C24H32N2O4/c1-4-30-20-10-8-19(9-11-20)21-6-5-15-26(21)17-24(27)25-14-13-18-7-12-22(28-2)23(16-18)29-3/h7-12,16,21H,4-6,13-15,17H2,1-3H3,(H,25,27). The molecule has 0 spiro atoms. The molecule has 2 aromatic carbocycles. The second-order valence-electron chi connectivity index (χ2n) is 7.42. The van der Waals surface area contributed by atoms with Crippen LogP contribution < -0.4 is 19.5 Å². The molecule has 1 heterocycles. The van der Waals surface area contributed by atoms with E-state index in [0.717, 1.165) is 37.1 Å². The van der Waals surface area contributed by atoms with Crippen LogP contribution in [-0.2, 0) is 11.2 Å². The highest BCUT2D eigenvalue weighted by molar-refractivity contribution is 5.78. The van der Waals surface area contributed by atoms with Crippen LogP contribution in [-0.4, -0.2) is 51.3 Å². The second kappa shape index (κ2) is 10.9. The van der Waals surface area contributed by atoms with Gasteiger partial charge in [0.25, 0.3) is 0 Å². The average molecular weight is 413 g/mol. The van der Waals surface area contributed by atoms with Crippen molar-refractivity contribution in [1.29, 1.82) is 0 Å². The van der Waals surface area contributed by atoms with Crippen molar-refractivity contribution in [2.45, 2.75) is 32.2 Å². The van der Waals surface area contributed by atoms with Crippen LogP contribution in [0.5, 0.6) is 17.2 Å². The first-order valence-electron chi connectivity index (χ1n) is 10.6. The van der Waals surface area contributed by atoms with Crippen molar-refractivity contribution < 1.29 is 19.0 Å². The number of hydrogen-bond donors (Lipinski definition) is 1. The molecular weight excluding hydrogens is 380 g/mol. The number of ether oxygens (including phenoxy) is 3. The van der Waals surface area contributed by atoms with Gasteiger partial charge in [-0.15, -0.1) is 0 Å². The van der Waals surface area contributed by atoms with Crippen LogP contribution in [0.1, 0.15) is 36.9 Å². The summed E-state index contributed by atoms with van der Waals surface area (Å²) < 4.78 is 16.1. The summed E-state index contributed by atoms with van der Waals surface area (Å²) in [7, 11) is 3.25. The summed E-state index contributed by atoms with van der Waals surface area (Å²) in [5.41, 5.74) is 2.34. The van der Waals surface area contributed by atoms with Crippen molar-refractivity contribution in [3.63, 3.8) is 0 Å². The van der Waals surface area contributed by atoms with Crippen molar-refractivity contribution >= 4 is 5.91 Å². The highest BCUT2D eigenvalue weighted by Gasteiger charge is 2.27. The van der Waals surface area contributed by atoms with E-state index in [2.05, 4.69) is 22.3 Å². The number of amides is 1. The predicted octanol–water partition coefficient (Wildman–Crippen LogP) is 3.60. The minimum atomic E-state index is 0.0633. The molecule has 1 unspecified atom stereocenters. The molecule has 0 aliphatic carbocycles. The maximum Gasteiger partial charge on any atom is 0.234 e. The van der Waals surface area contributed by atoms with Gasteiger partial charge in [-0.05, 0) is 68.1 Å². The van der Waals surface area contributed by atoms with Gasteiger partial charge < -0.3 is 19.5 Å². The molecule has 0 saturated carbocycles. The van der Waals surface area contributed by atoms with Crippen LogP contribution >= 0.6 is 0 Å². The van der Waals surface area contributed by atoms with Crippen molar-refractivity contribution in [2.24, 2.45) is 0 Å². The van der Waals surface area contributed by atoms with Gasteiger partial charge in [-0.25, -0.2) is 0 Å². The fraction of sp³-hybridized carbons (Fsp3) is 0.458. The normalized spacial score (nSPS) is 16.3. The summed E-state index contributed by atoms with van der Waals surface area (Å²) in [6.45, 7) is 4.61. The van der Waals surface area contributed by atoms with E-state index in [0.29, 0.717) is 31.2 Å². The zero-order valence-electron chi connectivity index (χ0n) is 18.1. The molecule has 6 nitrogen and oxygen atoms in total. The number of nitrogens with one attached hydrogen (secondary N) is 1. The van der Waals surface area contributed by atoms with E-state index in [1.807, 2.05) is 37.3 Å². The Morgan fingerprint density at radius 2 is 1.87 bits per heavy atom. The van der Waals surface area contributed by atoms with E-state index in [1.165, 1.54) is 5.56 Å². The number of carbonyl (C=O) groups excluding carboxylic acids is 1. The molecule has 1 aliphatic rings. The number of likely N-dealkylation sites (tertiary alicyclic amines) is 1. The van der Waals surface area contributed by atoms with Crippen LogP contribution in [0.15, 0.2) is 42.5 Å². The molecular formula is C24H32N2O4. The summed E-state index contributed by atoms with van der Waals surface area (Å²) in [5, 5.41) is 3.05. The summed E-state index contributed by atoms with van der Waals surface area (Å²) in [4.78, 5) is 14.8. The number of carbonyl (C=O) groups is 1. The van der Waals surface area contributed by atoms with Gasteiger partial charge >= 0.3 is 0 Å². The number of rotatable bonds is 10. The number of benzene rings is 2. The third-order valence-electron chi connectivity index (χ3n) is 5.47. The van der Waals surface area contributed by atoms with E-state index >= 15 is 0 Å². The monoisotopic (exact) mass is 412 g/mol. The van der Waals surface area contributed by atoms with Gasteiger partial charge in [-0.1, -0.05) is 18.2 Å². The summed E-state index contributed by atoms with van der Waals surface area (Å²) >= 11 is 0. The Balaban J connectivity index is 1.49. The topological polar surface area (TPSA) is 60.0 Å². The molecule has 3 rings (SSSR count). The van der Waals surface area contributed by atoms with Gasteiger partial charge in [-0.2, -0.15) is 0 Å². The zero-order chi connectivity index (χ0) is 21.3. The van der Waals surface area contributed by atoms with Gasteiger partial charge in [0, 0.05) is 12.6 Å². The summed E-state index contributed by atoms with van der Waals surface area (Å²) in [6, 6.07) is 14.4. The van der Waals surface area contributed by atoms with E-state index < -0.39 is 0 Å². The third-order valence-corrected chi connectivity index (χ3v) is 5.47. The molecule has 30 heavy (non-hydrogen) atoms. The van der Waals surface area contributed by atoms with Crippen LogP contribution in [0.2, 0.25) is 0 Å². The Bertz CT molecular complexity index is 822. The van der Waals surface area contributed by atoms with Gasteiger partial charge in [0.15, 0.2) is 11.5 Å². The molecule has 6 heteroatoms. The fourth-order valence-corrected chi connectivity index (χ4v) is 3.97. The molecule has 1 atom stereocenters. The van der Waals surface area contributed by atoms with Crippen molar-refractivity contribution in [3.05, 3.63) is 53.6 Å². The Kier molecular flexibility index (Phi) is 7.97. The van der Waals surface area contributed by atoms with Gasteiger partial charge in [0.2, 0.25) is 5.91 Å². The number of hydrogen-bond acceptors (Lipinski definition) is 5. The SMILES string of the molecule is CCOc1ccc(C2CCCN2CC(=O)NCCc2ccc(OC)c(OC)c2)cc1. The molecule has 2 aromatic rings. The maximum atomic E-state index is 12.5. The lowest BCUT2D eigenvalue weighted by atomic mass is 10.0. The van der Waals surface area contributed by atoms with E-state index in [9.17, 15) is 4.79 Å². The first kappa shape index (κ1) is 22.0. The van der Waals surface area contributed by atoms with Crippen molar-refractivity contribution in [3.8, 4) is 17.2 Å². The second-order valence-corrected chi connectivity index (χ2v) is 7.42. The predicted molar refractivity (Wildman–Crippen MR) is 117 cm³/mol. The molecule has 0 aromatic heterocycles. The first-order valence-corrected chi connectivity index (χ1v) is 10.6. The number of methoxy groups -OCH3 is 2. The number of nitrogens with zero attached hydrogens (tertiary/aromatic N) is 1. The van der Waals surface area contributed by atoms with Crippen LogP contribution in [0.3, 0.4) is 0 Å². The van der Waals surface area contributed by atoms with E-state index in [4.69, 9.17) is 14.2 Å². The largest absolute Gasteiger partial charge is 0.494 e. The molecule has 1 saturated heterocycles. The van der Waals surface area contributed by atoms with Crippen LogP contribution in [0.4, 0.5) is 0 Å². The lowest BCUT2D eigenvalue weighted by molar-refractivity contribution is -0.122. The van der Waals surface area contributed by atoms with E-state index in [-0.39, 0.29) is 11.9 Å². The van der Waals surface area contributed by atoms with E-state index in [1.54, 1.807) is 14.2 Å². The molecule has 162 valence electrons. The smallest absolute Gasteiger partial charge is 0.234 e. The highest BCUT2D eigenvalue weighted by atomic mass is 16.5. The minimum absolute atomic E-state index is 0.0633. The minimum Gasteiger partial charge on any atom is -0.494 e. The Morgan fingerprint density at radius 1 is 1.10 bits per heavy atom. The molecule has 1 aliphatic heterocycles. The van der Waals surface area contributed by atoms with Crippen molar-refractivity contribution in [1.82, 2.24) is 10.2 Å². The first-order chi connectivity index (χ1) is 14.6. The average Bonchev–Trinajstić information content (AvgIpc) is 3.22. The molecule has 0 radical (unpaired) electrons. The molecule has 1 amide bonds. The molecule has 1 N–H and O–H groups in total. The van der Waals surface area contributed by atoms with Crippen LogP contribution in [0, 0.1) is 0 Å². The van der Waals surface area contributed by atoms with Gasteiger partial charge in [0.1, 0.15) is 5.75 Å². The van der Waals surface area contributed by atoms with Crippen molar-refractivity contribution in [2.75, 3.05) is 40.5 Å². The quantitative estimate of drug-likeness (QED) is 0.646. The molecule has 1 fully saturated rings. The summed E-state index contributed by atoms with van der Waals surface area (Å²) in [5.74, 6) is 2.36. The van der Waals surface area contributed by atoms with Gasteiger partial charge in [0.05, 0.1) is 27.4 Å². The highest BCUT2D eigenvalue weighted by Crippen LogP contribution is 2.32. The van der Waals surface area contributed by atoms with Gasteiger partial charge in [-0.3, -0.25) is 9.69 Å². The lowest BCUT2D eigenvalue weighted by Crippen LogP contribution is -2.37. The Morgan fingerprint density at radius 3 is 2.57 bits per heavy atom.